The Balaban J connectivity index is 4.19. The number of alkyl halides is 2. The summed E-state index contributed by atoms with van der Waals surface area (Å²) in [5.41, 5.74) is 0. The minimum atomic E-state index is 0.102. The number of rotatable bonds is 6. The minimum absolute atomic E-state index is 0.102. The summed E-state index contributed by atoms with van der Waals surface area (Å²) in [5, 5.41) is 0.102. The van der Waals surface area contributed by atoms with Gasteiger partial charge in [0.05, 0.1) is 5.38 Å². The van der Waals surface area contributed by atoms with Crippen molar-refractivity contribution in [1.29, 1.82) is 0 Å². The molecule has 0 heterocycles. The van der Waals surface area contributed by atoms with Gasteiger partial charge in [0.15, 0.2) is 0 Å². The van der Waals surface area contributed by atoms with Gasteiger partial charge >= 0.3 is 0 Å². The Morgan fingerprint density at radius 3 is 1.93 bits per heavy atom. The second-order valence-corrected chi connectivity index (χ2v) is 5.18. The molecule has 0 amide bonds. The molecule has 0 aromatic rings. The summed E-state index contributed by atoms with van der Waals surface area (Å²) in [6.45, 7) is 3.16. The van der Waals surface area contributed by atoms with Crippen LogP contribution in [0, 0.1) is 5.92 Å². The third kappa shape index (κ3) is 4.83. The molecule has 0 fully saturated rings. The number of nitrogens with zero attached hydrogens (tertiary/aromatic N) is 2. The number of hydrogen-bond acceptors (Lipinski definition) is 2. The van der Waals surface area contributed by atoms with Gasteiger partial charge in [-0.25, -0.2) is 0 Å². The van der Waals surface area contributed by atoms with Gasteiger partial charge in [-0.3, -0.25) is 0 Å². The first-order valence-corrected chi connectivity index (χ1v) is 5.88. The van der Waals surface area contributed by atoms with E-state index in [0.29, 0.717) is 11.8 Å². The Morgan fingerprint density at radius 2 is 1.64 bits per heavy atom. The van der Waals surface area contributed by atoms with Gasteiger partial charge in [-0.1, -0.05) is 6.92 Å². The van der Waals surface area contributed by atoms with Crippen molar-refractivity contribution in [2.75, 3.05) is 40.6 Å². The Hall–Kier alpha value is 0.500. The lowest BCUT2D eigenvalue weighted by atomic mass is 10.0. The lowest BCUT2D eigenvalue weighted by molar-refractivity contribution is 0.247. The molecule has 0 aromatic carbocycles. The van der Waals surface area contributed by atoms with Crippen LogP contribution in [0.3, 0.4) is 0 Å². The summed E-state index contributed by atoms with van der Waals surface area (Å²) in [5.74, 6) is 1.02. The summed E-state index contributed by atoms with van der Waals surface area (Å²) >= 11 is 12.3. The fourth-order valence-electron chi connectivity index (χ4n) is 1.56. The van der Waals surface area contributed by atoms with Crippen molar-refractivity contribution in [1.82, 2.24) is 9.80 Å². The highest BCUT2D eigenvalue weighted by atomic mass is 35.5. The zero-order valence-corrected chi connectivity index (χ0v) is 11.3. The Morgan fingerprint density at radius 1 is 1.14 bits per heavy atom. The van der Waals surface area contributed by atoms with E-state index < -0.39 is 0 Å². The van der Waals surface area contributed by atoms with Gasteiger partial charge in [0.25, 0.3) is 0 Å². The maximum atomic E-state index is 6.38. The summed E-state index contributed by atoms with van der Waals surface area (Å²) in [6, 6.07) is 0.244. The van der Waals surface area contributed by atoms with E-state index in [2.05, 4.69) is 30.8 Å². The maximum Gasteiger partial charge on any atom is 0.0540 e. The molecule has 14 heavy (non-hydrogen) atoms. The van der Waals surface area contributed by atoms with Crippen LogP contribution in [0.25, 0.3) is 0 Å². The summed E-state index contributed by atoms with van der Waals surface area (Å²) in [6.07, 6.45) is 0. The maximum absolute atomic E-state index is 6.38. The average Bonchev–Trinajstić information content (AvgIpc) is 2.03. The summed E-state index contributed by atoms with van der Waals surface area (Å²) in [4.78, 5) is 4.25. The number of hydrogen-bond donors (Lipinski definition) is 0. The van der Waals surface area contributed by atoms with Crippen molar-refractivity contribution >= 4 is 23.2 Å². The van der Waals surface area contributed by atoms with Crippen molar-refractivity contribution in [3.05, 3.63) is 0 Å². The van der Waals surface area contributed by atoms with E-state index in [1.54, 1.807) is 0 Å². The monoisotopic (exact) mass is 240 g/mol. The van der Waals surface area contributed by atoms with Gasteiger partial charge in [0, 0.05) is 18.5 Å². The first-order chi connectivity index (χ1) is 6.40. The van der Waals surface area contributed by atoms with Crippen LogP contribution in [0.5, 0.6) is 0 Å². The normalized spacial score (nSPS) is 18.6. The topological polar surface area (TPSA) is 6.48 Å². The van der Waals surface area contributed by atoms with Crippen LogP contribution in [0.15, 0.2) is 0 Å². The molecular formula is C10H22Cl2N2. The molecule has 4 heteroatoms. The Kier molecular flexibility index (Phi) is 7.13. The van der Waals surface area contributed by atoms with Crippen molar-refractivity contribution in [3.8, 4) is 0 Å². The highest BCUT2D eigenvalue weighted by Crippen LogP contribution is 2.19. The fourth-order valence-corrected chi connectivity index (χ4v) is 2.52. The molecule has 0 aliphatic heterocycles. The molecule has 3 atom stereocenters. The molecule has 0 rings (SSSR count). The molecule has 0 saturated carbocycles. The zero-order chi connectivity index (χ0) is 11.3. The van der Waals surface area contributed by atoms with E-state index >= 15 is 0 Å². The largest absolute Gasteiger partial charge is 0.309 e. The van der Waals surface area contributed by atoms with Gasteiger partial charge in [-0.2, -0.15) is 0 Å². The van der Waals surface area contributed by atoms with Gasteiger partial charge in [-0.15, -0.1) is 23.2 Å². The van der Waals surface area contributed by atoms with Crippen molar-refractivity contribution in [2.24, 2.45) is 5.92 Å². The molecule has 0 saturated heterocycles. The van der Waals surface area contributed by atoms with Crippen molar-refractivity contribution < 1.29 is 0 Å². The lowest BCUT2D eigenvalue weighted by Crippen LogP contribution is -2.43. The predicted octanol–water partition coefficient (Wildman–Crippen LogP) is 1.96. The van der Waals surface area contributed by atoms with Gasteiger partial charge in [0.2, 0.25) is 0 Å². The second-order valence-electron chi connectivity index (χ2n) is 4.37. The molecule has 0 bridgehead atoms. The smallest absolute Gasteiger partial charge is 0.0540 e. The van der Waals surface area contributed by atoms with Gasteiger partial charge < -0.3 is 9.80 Å². The van der Waals surface area contributed by atoms with E-state index in [1.165, 1.54) is 0 Å². The van der Waals surface area contributed by atoms with Crippen LogP contribution < -0.4 is 0 Å². The molecule has 3 unspecified atom stereocenters. The van der Waals surface area contributed by atoms with Crippen LogP contribution >= 0.6 is 23.2 Å². The highest BCUT2D eigenvalue weighted by Gasteiger charge is 2.25. The second kappa shape index (κ2) is 6.89. The molecule has 0 spiro atoms. The van der Waals surface area contributed by atoms with E-state index in [1.807, 2.05) is 14.1 Å². The number of halogens is 2. The summed E-state index contributed by atoms with van der Waals surface area (Å²) < 4.78 is 0. The molecule has 0 N–H and O–H groups in total. The molecule has 0 aliphatic rings. The molecule has 0 aromatic heterocycles. The fraction of sp³-hybridized carbons (Fsp3) is 1.00. The molecule has 0 aliphatic carbocycles. The lowest BCUT2D eigenvalue weighted by Gasteiger charge is -2.31. The Labute approximate surface area is 98.1 Å². The minimum Gasteiger partial charge on any atom is -0.309 e. The van der Waals surface area contributed by atoms with Crippen molar-refractivity contribution in [3.63, 3.8) is 0 Å². The SMILES string of the molecule is CC(CN(C)C)C(Cl)C(CCl)N(C)C. The third-order valence-electron chi connectivity index (χ3n) is 2.39. The quantitative estimate of drug-likeness (QED) is 0.656. The molecule has 2 nitrogen and oxygen atoms in total. The first kappa shape index (κ1) is 14.5. The van der Waals surface area contributed by atoms with E-state index in [0.717, 1.165) is 6.54 Å². The molecular weight excluding hydrogens is 219 g/mol. The predicted molar refractivity (Wildman–Crippen MR) is 65.6 cm³/mol. The first-order valence-electron chi connectivity index (χ1n) is 4.91. The van der Waals surface area contributed by atoms with Gasteiger partial charge in [0.1, 0.15) is 0 Å². The Bertz CT molecular complexity index is 151. The van der Waals surface area contributed by atoms with Crippen LogP contribution in [-0.2, 0) is 0 Å². The van der Waals surface area contributed by atoms with Crippen LogP contribution in [0.4, 0.5) is 0 Å². The van der Waals surface area contributed by atoms with Gasteiger partial charge in [-0.05, 0) is 34.1 Å². The molecule has 86 valence electrons. The van der Waals surface area contributed by atoms with Crippen molar-refractivity contribution in [2.45, 2.75) is 18.3 Å². The average molecular weight is 241 g/mol. The third-order valence-corrected chi connectivity index (χ3v) is 3.42. The zero-order valence-electron chi connectivity index (χ0n) is 9.80. The van der Waals surface area contributed by atoms with E-state index in [-0.39, 0.29) is 11.4 Å². The standard InChI is InChI=1S/C10H22Cl2N2/c1-8(7-13(2)3)10(12)9(6-11)14(4)5/h8-10H,6-7H2,1-5H3. The van der Waals surface area contributed by atoms with Crippen LogP contribution in [-0.4, -0.2) is 61.8 Å². The summed E-state index contributed by atoms with van der Waals surface area (Å²) in [7, 11) is 8.16. The highest BCUT2D eigenvalue weighted by molar-refractivity contribution is 6.23. The van der Waals surface area contributed by atoms with Crippen LogP contribution in [0.2, 0.25) is 0 Å². The van der Waals surface area contributed by atoms with E-state index in [4.69, 9.17) is 23.2 Å². The van der Waals surface area contributed by atoms with Crippen LogP contribution in [0.1, 0.15) is 6.92 Å². The van der Waals surface area contributed by atoms with E-state index in [9.17, 15) is 0 Å². The molecule has 0 radical (unpaired) electrons.